The van der Waals surface area contributed by atoms with Crippen LogP contribution in [0.1, 0.15) is 11.3 Å². The molecule has 0 unspecified atom stereocenters. The second kappa shape index (κ2) is 7.00. The predicted octanol–water partition coefficient (Wildman–Crippen LogP) is 4.10. The molecule has 0 aliphatic rings. The molecule has 1 aromatic heterocycles. The highest BCUT2D eigenvalue weighted by atomic mass is 16.6. The van der Waals surface area contributed by atoms with Crippen LogP contribution in [-0.4, -0.2) is 4.92 Å². The summed E-state index contributed by atoms with van der Waals surface area (Å²) in [6, 6.07) is 15.3. The molecule has 0 bridgehead atoms. The lowest BCUT2D eigenvalue weighted by Gasteiger charge is -2.09. The second-order valence-electron chi connectivity index (χ2n) is 5.45. The smallest absolute Gasteiger partial charge is 0.270 e. The van der Waals surface area contributed by atoms with E-state index < -0.39 is 4.92 Å². The van der Waals surface area contributed by atoms with Gasteiger partial charge < -0.3 is 9.15 Å². The first-order valence-corrected chi connectivity index (χ1v) is 7.60. The van der Waals surface area contributed by atoms with Crippen molar-refractivity contribution in [2.75, 3.05) is 0 Å². The number of nitrogens with zero attached hydrogens (tertiary/aromatic N) is 1. The van der Waals surface area contributed by atoms with Crippen molar-refractivity contribution in [2.45, 2.75) is 13.5 Å². The SMILES string of the molecule is Cc1occ(-c2cccc([N+](=O)[O-])c2)c(=O)c1OCc1ccccc1. The molecule has 0 spiro atoms. The van der Waals surface area contributed by atoms with E-state index >= 15 is 0 Å². The van der Waals surface area contributed by atoms with Gasteiger partial charge in [-0.1, -0.05) is 42.5 Å². The fourth-order valence-corrected chi connectivity index (χ4v) is 2.42. The molecule has 1 heterocycles. The zero-order valence-corrected chi connectivity index (χ0v) is 13.5. The summed E-state index contributed by atoms with van der Waals surface area (Å²) in [5.74, 6) is 0.461. The summed E-state index contributed by atoms with van der Waals surface area (Å²) < 4.78 is 11.1. The maximum Gasteiger partial charge on any atom is 0.270 e. The molecule has 126 valence electrons. The van der Waals surface area contributed by atoms with Gasteiger partial charge in [0.2, 0.25) is 11.2 Å². The summed E-state index contributed by atoms with van der Waals surface area (Å²) in [6.07, 6.45) is 1.30. The summed E-state index contributed by atoms with van der Waals surface area (Å²) in [5, 5.41) is 10.9. The Bertz CT molecular complexity index is 963. The molecule has 0 N–H and O–H groups in total. The van der Waals surface area contributed by atoms with Gasteiger partial charge in [-0.25, -0.2) is 0 Å². The van der Waals surface area contributed by atoms with Crippen LogP contribution in [0.5, 0.6) is 5.75 Å². The molecule has 2 aromatic carbocycles. The normalized spacial score (nSPS) is 10.4. The lowest BCUT2D eigenvalue weighted by atomic mass is 10.1. The van der Waals surface area contributed by atoms with E-state index in [1.165, 1.54) is 24.5 Å². The first-order valence-electron chi connectivity index (χ1n) is 7.60. The average molecular weight is 337 g/mol. The highest BCUT2D eigenvalue weighted by Gasteiger charge is 2.16. The van der Waals surface area contributed by atoms with E-state index in [1.54, 1.807) is 13.0 Å². The van der Waals surface area contributed by atoms with E-state index in [0.29, 0.717) is 11.3 Å². The second-order valence-corrected chi connectivity index (χ2v) is 5.45. The molecule has 0 fully saturated rings. The zero-order chi connectivity index (χ0) is 17.8. The quantitative estimate of drug-likeness (QED) is 0.517. The van der Waals surface area contributed by atoms with Crippen molar-refractivity contribution in [3.05, 3.63) is 92.5 Å². The highest BCUT2D eigenvalue weighted by Crippen LogP contribution is 2.25. The molecule has 0 radical (unpaired) electrons. The molecule has 3 aromatic rings. The van der Waals surface area contributed by atoms with Crippen molar-refractivity contribution in [1.29, 1.82) is 0 Å². The minimum atomic E-state index is -0.508. The molecule has 0 amide bonds. The molecule has 0 aliphatic heterocycles. The van der Waals surface area contributed by atoms with Gasteiger partial charge in [0.15, 0.2) is 0 Å². The molecular formula is C19H15NO5. The standard InChI is InChI=1S/C19H15NO5/c1-13-19(25-11-14-6-3-2-4-7-14)18(21)17(12-24-13)15-8-5-9-16(10-15)20(22)23/h2-10,12H,11H2,1H3. The Kier molecular flexibility index (Phi) is 4.61. The maximum absolute atomic E-state index is 12.7. The first kappa shape index (κ1) is 16.4. The summed E-state index contributed by atoms with van der Waals surface area (Å²) in [7, 11) is 0. The Labute approximate surface area is 143 Å². The Morgan fingerprint density at radius 3 is 2.60 bits per heavy atom. The number of aryl methyl sites for hydroxylation is 1. The van der Waals surface area contributed by atoms with E-state index in [1.807, 2.05) is 30.3 Å². The number of ether oxygens (including phenoxy) is 1. The average Bonchev–Trinajstić information content (AvgIpc) is 2.62. The number of nitro benzene ring substituents is 1. The topological polar surface area (TPSA) is 82.6 Å². The molecule has 6 nitrogen and oxygen atoms in total. The molecule has 0 saturated heterocycles. The predicted molar refractivity (Wildman–Crippen MR) is 92.6 cm³/mol. The van der Waals surface area contributed by atoms with Crippen molar-refractivity contribution in [3.8, 4) is 16.9 Å². The zero-order valence-electron chi connectivity index (χ0n) is 13.5. The fraction of sp³-hybridized carbons (Fsp3) is 0.105. The van der Waals surface area contributed by atoms with Gasteiger partial charge in [0.05, 0.1) is 10.5 Å². The molecule has 0 aliphatic carbocycles. The van der Waals surface area contributed by atoms with Crippen LogP contribution in [0.2, 0.25) is 0 Å². The van der Waals surface area contributed by atoms with Crippen LogP contribution in [0.15, 0.2) is 70.1 Å². The van der Waals surface area contributed by atoms with Crippen LogP contribution in [0.3, 0.4) is 0 Å². The van der Waals surface area contributed by atoms with E-state index in [0.717, 1.165) is 5.56 Å². The minimum absolute atomic E-state index is 0.0933. The summed E-state index contributed by atoms with van der Waals surface area (Å²) in [4.78, 5) is 23.2. The fourth-order valence-electron chi connectivity index (χ4n) is 2.42. The number of non-ortho nitro benzene ring substituents is 1. The number of benzene rings is 2. The van der Waals surface area contributed by atoms with Crippen LogP contribution in [0, 0.1) is 17.0 Å². The third-order valence-electron chi connectivity index (χ3n) is 3.72. The van der Waals surface area contributed by atoms with Gasteiger partial charge in [-0.2, -0.15) is 0 Å². The van der Waals surface area contributed by atoms with Crippen LogP contribution >= 0.6 is 0 Å². The molecule has 0 saturated carbocycles. The summed E-state index contributed by atoms with van der Waals surface area (Å²) in [6.45, 7) is 1.86. The first-order chi connectivity index (χ1) is 12.1. The van der Waals surface area contributed by atoms with Gasteiger partial charge in [0.25, 0.3) is 5.69 Å². The number of nitro groups is 1. The molecule has 0 atom stereocenters. The lowest BCUT2D eigenvalue weighted by molar-refractivity contribution is -0.384. The maximum atomic E-state index is 12.7. The van der Waals surface area contributed by atoms with Crippen molar-refractivity contribution in [2.24, 2.45) is 0 Å². The van der Waals surface area contributed by atoms with Gasteiger partial charge >= 0.3 is 0 Å². The third-order valence-corrected chi connectivity index (χ3v) is 3.72. The number of rotatable bonds is 5. The minimum Gasteiger partial charge on any atom is -0.482 e. The van der Waals surface area contributed by atoms with Crippen LogP contribution < -0.4 is 10.2 Å². The highest BCUT2D eigenvalue weighted by molar-refractivity contribution is 5.66. The Morgan fingerprint density at radius 1 is 1.12 bits per heavy atom. The van der Waals surface area contributed by atoms with Crippen LogP contribution in [0.25, 0.3) is 11.1 Å². The molecule has 3 rings (SSSR count). The number of hydrogen-bond donors (Lipinski definition) is 0. The third kappa shape index (κ3) is 3.58. The van der Waals surface area contributed by atoms with Gasteiger partial charge in [-0.3, -0.25) is 14.9 Å². The van der Waals surface area contributed by atoms with Crippen molar-refractivity contribution >= 4 is 5.69 Å². The monoisotopic (exact) mass is 337 g/mol. The number of hydrogen-bond acceptors (Lipinski definition) is 5. The molecular weight excluding hydrogens is 322 g/mol. The van der Waals surface area contributed by atoms with Crippen LogP contribution in [0.4, 0.5) is 5.69 Å². The molecule has 25 heavy (non-hydrogen) atoms. The Hall–Kier alpha value is -3.41. The van der Waals surface area contributed by atoms with E-state index in [4.69, 9.17) is 9.15 Å². The summed E-state index contributed by atoms with van der Waals surface area (Å²) in [5.41, 5.74) is 1.09. The molecule has 6 heteroatoms. The lowest BCUT2D eigenvalue weighted by Crippen LogP contribution is -2.12. The van der Waals surface area contributed by atoms with Crippen LogP contribution in [-0.2, 0) is 6.61 Å². The van der Waals surface area contributed by atoms with Gasteiger partial charge in [0.1, 0.15) is 18.6 Å². The van der Waals surface area contributed by atoms with Crippen molar-refractivity contribution in [3.63, 3.8) is 0 Å². The van der Waals surface area contributed by atoms with Gasteiger partial charge in [-0.15, -0.1) is 0 Å². The van der Waals surface area contributed by atoms with Crippen molar-refractivity contribution in [1.82, 2.24) is 0 Å². The van der Waals surface area contributed by atoms with Crippen molar-refractivity contribution < 1.29 is 14.1 Å². The van der Waals surface area contributed by atoms with E-state index in [9.17, 15) is 14.9 Å². The van der Waals surface area contributed by atoms with E-state index in [2.05, 4.69) is 0 Å². The summed E-state index contributed by atoms with van der Waals surface area (Å²) >= 11 is 0. The van der Waals surface area contributed by atoms with E-state index in [-0.39, 0.29) is 29.0 Å². The Morgan fingerprint density at radius 2 is 1.88 bits per heavy atom. The van der Waals surface area contributed by atoms with Gasteiger partial charge in [-0.05, 0) is 18.1 Å². The largest absolute Gasteiger partial charge is 0.482 e. The van der Waals surface area contributed by atoms with Gasteiger partial charge in [0, 0.05) is 12.1 Å². The Balaban J connectivity index is 1.96.